The molecule has 2 rings (SSSR count). The summed E-state index contributed by atoms with van der Waals surface area (Å²) in [5.41, 5.74) is 2.71. The van der Waals surface area contributed by atoms with Crippen molar-refractivity contribution in [2.75, 3.05) is 6.61 Å². The van der Waals surface area contributed by atoms with Gasteiger partial charge in [0.2, 0.25) is 0 Å². The van der Waals surface area contributed by atoms with Crippen molar-refractivity contribution in [3.05, 3.63) is 47.0 Å². The zero-order chi connectivity index (χ0) is 13.8. The first-order chi connectivity index (χ1) is 9.06. The molecule has 0 atom stereocenters. The summed E-state index contributed by atoms with van der Waals surface area (Å²) in [6.45, 7) is 4.88. The van der Waals surface area contributed by atoms with Crippen LogP contribution in [0.25, 0.3) is 0 Å². The second-order valence-electron chi connectivity index (χ2n) is 4.88. The van der Waals surface area contributed by atoms with Crippen molar-refractivity contribution in [2.45, 2.75) is 26.4 Å². The van der Waals surface area contributed by atoms with E-state index in [1.165, 1.54) is 11.6 Å². The molecule has 0 aliphatic carbocycles. The molecule has 0 unspecified atom stereocenters. The van der Waals surface area contributed by atoms with E-state index in [9.17, 15) is 9.59 Å². The largest absolute Gasteiger partial charge is 0.372 e. The highest BCUT2D eigenvalue weighted by molar-refractivity contribution is 6.16. The molecule has 100 valence electrons. The van der Waals surface area contributed by atoms with Crippen molar-refractivity contribution in [3.63, 3.8) is 0 Å². The SMILES string of the molecule is CC(C)c1ccc(COCC2=CC(=O)NC2=O)cc1. The van der Waals surface area contributed by atoms with E-state index in [0.29, 0.717) is 18.1 Å². The fraction of sp³-hybridized carbons (Fsp3) is 0.333. The third-order valence-corrected chi connectivity index (χ3v) is 3.01. The van der Waals surface area contributed by atoms with E-state index >= 15 is 0 Å². The molecule has 0 bridgehead atoms. The third kappa shape index (κ3) is 3.51. The number of hydrogen-bond donors (Lipinski definition) is 1. The second kappa shape index (κ2) is 5.80. The molecule has 4 nitrogen and oxygen atoms in total. The molecule has 0 spiro atoms. The first-order valence-corrected chi connectivity index (χ1v) is 6.28. The van der Waals surface area contributed by atoms with Crippen LogP contribution >= 0.6 is 0 Å². The van der Waals surface area contributed by atoms with Gasteiger partial charge in [0.25, 0.3) is 11.8 Å². The summed E-state index contributed by atoms with van der Waals surface area (Å²) in [6.07, 6.45) is 1.28. The maximum absolute atomic E-state index is 11.3. The lowest BCUT2D eigenvalue weighted by molar-refractivity contribution is -0.124. The minimum atomic E-state index is -0.370. The molecule has 1 aliphatic rings. The molecule has 1 heterocycles. The summed E-state index contributed by atoms with van der Waals surface area (Å²) in [4.78, 5) is 22.2. The van der Waals surface area contributed by atoms with Crippen molar-refractivity contribution >= 4 is 11.8 Å². The number of nitrogens with one attached hydrogen (secondary N) is 1. The van der Waals surface area contributed by atoms with Crippen LogP contribution in [0.4, 0.5) is 0 Å². The lowest BCUT2D eigenvalue weighted by Gasteiger charge is -2.07. The van der Waals surface area contributed by atoms with Crippen LogP contribution < -0.4 is 5.32 Å². The van der Waals surface area contributed by atoms with E-state index in [4.69, 9.17) is 4.74 Å². The number of amides is 2. The van der Waals surface area contributed by atoms with Gasteiger partial charge in [-0.15, -0.1) is 0 Å². The fourth-order valence-corrected chi connectivity index (χ4v) is 1.84. The quantitative estimate of drug-likeness (QED) is 0.822. The molecule has 2 amide bonds. The van der Waals surface area contributed by atoms with Gasteiger partial charge in [-0.05, 0) is 17.0 Å². The van der Waals surface area contributed by atoms with Crippen molar-refractivity contribution < 1.29 is 14.3 Å². The smallest absolute Gasteiger partial charge is 0.256 e. The Balaban J connectivity index is 1.84. The molecule has 1 aliphatic heterocycles. The van der Waals surface area contributed by atoms with Crippen LogP contribution in [0.15, 0.2) is 35.9 Å². The molecular weight excluding hydrogens is 242 g/mol. The van der Waals surface area contributed by atoms with E-state index in [2.05, 4.69) is 31.3 Å². The van der Waals surface area contributed by atoms with Crippen LogP contribution in [0.1, 0.15) is 30.9 Å². The van der Waals surface area contributed by atoms with Crippen molar-refractivity contribution in [1.29, 1.82) is 0 Å². The van der Waals surface area contributed by atoms with Crippen molar-refractivity contribution in [3.8, 4) is 0 Å². The Morgan fingerprint density at radius 1 is 1.11 bits per heavy atom. The fourth-order valence-electron chi connectivity index (χ4n) is 1.84. The van der Waals surface area contributed by atoms with E-state index in [1.807, 2.05) is 12.1 Å². The van der Waals surface area contributed by atoms with Gasteiger partial charge in [0.1, 0.15) is 0 Å². The van der Waals surface area contributed by atoms with Gasteiger partial charge in [-0.25, -0.2) is 0 Å². The Morgan fingerprint density at radius 3 is 2.32 bits per heavy atom. The molecular formula is C15H17NO3. The maximum atomic E-state index is 11.3. The highest BCUT2D eigenvalue weighted by Crippen LogP contribution is 2.15. The van der Waals surface area contributed by atoms with Gasteiger partial charge in [0.05, 0.1) is 13.2 Å². The number of carbonyl (C=O) groups excluding carboxylic acids is 2. The van der Waals surface area contributed by atoms with Crippen LogP contribution in [0, 0.1) is 0 Å². The zero-order valence-corrected chi connectivity index (χ0v) is 11.1. The molecule has 0 radical (unpaired) electrons. The van der Waals surface area contributed by atoms with E-state index in [1.54, 1.807) is 0 Å². The van der Waals surface area contributed by atoms with Gasteiger partial charge in [0.15, 0.2) is 0 Å². The number of rotatable bonds is 5. The number of ether oxygens (including phenoxy) is 1. The van der Waals surface area contributed by atoms with Crippen LogP contribution in [0.3, 0.4) is 0 Å². The van der Waals surface area contributed by atoms with E-state index in [0.717, 1.165) is 5.56 Å². The predicted octanol–water partition coefficient (Wildman–Crippen LogP) is 1.91. The van der Waals surface area contributed by atoms with E-state index < -0.39 is 0 Å². The van der Waals surface area contributed by atoms with Crippen LogP contribution in [0.5, 0.6) is 0 Å². The lowest BCUT2D eigenvalue weighted by Crippen LogP contribution is -2.23. The van der Waals surface area contributed by atoms with Crippen LogP contribution in [-0.4, -0.2) is 18.4 Å². The zero-order valence-electron chi connectivity index (χ0n) is 11.1. The molecule has 1 aromatic rings. The van der Waals surface area contributed by atoms with Gasteiger partial charge in [-0.2, -0.15) is 0 Å². The van der Waals surface area contributed by atoms with Crippen LogP contribution in [-0.2, 0) is 20.9 Å². The average Bonchev–Trinajstić information content (AvgIpc) is 2.68. The standard InChI is InChI=1S/C15H17NO3/c1-10(2)12-5-3-11(4-6-12)8-19-9-13-7-14(17)16-15(13)18/h3-7,10H,8-9H2,1-2H3,(H,16,17,18). The average molecular weight is 259 g/mol. The van der Waals surface area contributed by atoms with E-state index in [-0.39, 0.29) is 18.4 Å². The van der Waals surface area contributed by atoms with Gasteiger partial charge in [-0.3, -0.25) is 14.9 Å². The number of imide groups is 1. The molecule has 19 heavy (non-hydrogen) atoms. The van der Waals surface area contributed by atoms with Crippen molar-refractivity contribution in [2.24, 2.45) is 0 Å². The number of carbonyl (C=O) groups is 2. The summed E-state index contributed by atoms with van der Waals surface area (Å²) < 4.78 is 5.44. The van der Waals surface area contributed by atoms with Gasteiger partial charge < -0.3 is 4.74 Å². The Morgan fingerprint density at radius 2 is 1.79 bits per heavy atom. The molecule has 1 aromatic carbocycles. The maximum Gasteiger partial charge on any atom is 0.256 e. The minimum absolute atomic E-state index is 0.156. The normalized spacial score (nSPS) is 14.8. The van der Waals surface area contributed by atoms with Gasteiger partial charge in [-0.1, -0.05) is 38.1 Å². The minimum Gasteiger partial charge on any atom is -0.372 e. The van der Waals surface area contributed by atoms with Gasteiger partial charge >= 0.3 is 0 Å². The Labute approximate surface area is 112 Å². The Bertz CT molecular complexity index is 515. The Hall–Kier alpha value is -1.94. The highest BCUT2D eigenvalue weighted by atomic mass is 16.5. The second-order valence-corrected chi connectivity index (χ2v) is 4.88. The molecule has 4 heteroatoms. The van der Waals surface area contributed by atoms with Crippen LogP contribution in [0.2, 0.25) is 0 Å². The summed E-state index contributed by atoms with van der Waals surface area (Å²) in [6, 6.07) is 8.19. The predicted molar refractivity (Wildman–Crippen MR) is 71.4 cm³/mol. The molecule has 0 saturated heterocycles. The first-order valence-electron chi connectivity index (χ1n) is 6.28. The number of benzene rings is 1. The number of hydrogen-bond acceptors (Lipinski definition) is 3. The monoisotopic (exact) mass is 259 g/mol. The highest BCUT2D eigenvalue weighted by Gasteiger charge is 2.20. The topological polar surface area (TPSA) is 55.4 Å². The first kappa shape index (κ1) is 13.5. The third-order valence-electron chi connectivity index (χ3n) is 3.01. The van der Waals surface area contributed by atoms with Crippen molar-refractivity contribution in [1.82, 2.24) is 5.32 Å². The lowest BCUT2D eigenvalue weighted by atomic mass is 10.0. The molecule has 0 fully saturated rings. The summed E-state index contributed by atoms with van der Waals surface area (Å²) in [7, 11) is 0. The van der Waals surface area contributed by atoms with Gasteiger partial charge in [0, 0.05) is 11.6 Å². The summed E-state index contributed by atoms with van der Waals surface area (Å²) >= 11 is 0. The molecule has 0 saturated carbocycles. The Kier molecular flexibility index (Phi) is 4.12. The molecule has 0 aromatic heterocycles. The summed E-state index contributed by atoms with van der Waals surface area (Å²) in [5, 5.41) is 2.18. The molecule has 1 N–H and O–H groups in total. The summed E-state index contributed by atoms with van der Waals surface area (Å²) in [5.74, 6) is -0.224.